The molecule has 118 valence electrons. The zero-order chi connectivity index (χ0) is 15.2. The van der Waals surface area contributed by atoms with E-state index in [1.165, 1.54) is 34.9 Å². The van der Waals surface area contributed by atoms with Crippen molar-refractivity contribution in [2.75, 3.05) is 19.0 Å². The van der Waals surface area contributed by atoms with Gasteiger partial charge < -0.3 is 10.1 Å². The van der Waals surface area contributed by atoms with Crippen LogP contribution in [0, 0.1) is 3.57 Å². The van der Waals surface area contributed by atoms with Gasteiger partial charge in [0.05, 0.1) is 15.4 Å². The molecule has 4 nitrogen and oxygen atoms in total. The van der Waals surface area contributed by atoms with E-state index in [-0.39, 0.29) is 6.10 Å². The van der Waals surface area contributed by atoms with Crippen LogP contribution in [0.15, 0.2) is 0 Å². The number of nitrogens with zero attached hydrogens (tertiary/aromatic N) is 2. The normalized spacial score (nSPS) is 17.1. The molecule has 1 N–H and O–H groups in total. The van der Waals surface area contributed by atoms with Crippen LogP contribution in [0.1, 0.15) is 63.4 Å². The molecule has 0 aromatic carbocycles. The van der Waals surface area contributed by atoms with Crippen LogP contribution in [0.2, 0.25) is 0 Å². The van der Waals surface area contributed by atoms with Crippen molar-refractivity contribution in [3.8, 4) is 0 Å². The zero-order valence-electron chi connectivity index (χ0n) is 13.3. The fourth-order valence-electron chi connectivity index (χ4n) is 2.77. The van der Waals surface area contributed by atoms with Gasteiger partial charge in [0.1, 0.15) is 11.6 Å². The average molecular weight is 403 g/mol. The van der Waals surface area contributed by atoms with Gasteiger partial charge >= 0.3 is 0 Å². The van der Waals surface area contributed by atoms with Crippen LogP contribution in [0.5, 0.6) is 0 Å². The molecular formula is C16H26IN3O. The van der Waals surface area contributed by atoms with Crippen LogP contribution in [0.3, 0.4) is 0 Å². The Morgan fingerprint density at radius 1 is 1.33 bits per heavy atom. The zero-order valence-corrected chi connectivity index (χ0v) is 15.4. The minimum absolute atomic E-state index is 0.153. The highest BCUT2D eigenvalue weighted by molar-refractivity contribution is 14.1. The van der Waals surface area contributed by atoms with Crippen molar-refractivity contribution < 1.29 is 4.74 Å². The van der Waals surface area contributed by atoms with E-state index in [1.807, 2.05) is 0 Å². The third-order valence-electron chi connectivity index (χ3n) is 4.08. The fraction of sp³-hybridized carbons (Fsp3) is 0.750. The monoisotopic (exact) mass is 403 g/mol. The molecule has 1 fully saturated rings. The number of anilines is 1. The lowest BCUT2D eigenvalue weighted by atomic mass is 10.0. The maximum atomic E-state index is 5.37. The third-order valence-corrected chi connectivity index (χ3v) is 5.14. The van der Waals surface area contributed by atoms with Crippen LogP contribution >= 0.6 is 22.6 Å². The molecular weight excluding hydrogens is 377 g/mol. The van der Waals surface area contributed by atoms with E-state index in [0.717, 1.165) is 31.0 Å². The quantitative estimate of drug-likeness (QED) is 0.696. The highest BCUT2D eigenvalue weighted by Crippen LogP contribution is 2.37. The van der Waals surface area contributed by atoms with Gasteiger partial charge in [0.25, 0.3) is 0 Å². The molecule has 0 bridgehead atoms. The first-order valence-electron chi connectivity index (χ1n) is 7.98. The lowest BCUT2D eigenvalue weighted by molar-refractivity contribution is 0.117. The molecule has 5 heteroatoms. The standard InChI is InChI=1S/C16H26IN3O/c1-4-9-18-16-14(17)15(12-7-5-6-8-12)19-13(20-16)10-11(2)21-3/h11-12H,4-10H2,1-3H3,(H,18,19,20). The predicted molar refractivity (Wildman–Crippen MR) is 94.9 cm³/mol. The van der Waals surface area contributed by atoms with Gasteiger partial charge in [-0.1, -0.05) is 19.8 Å². The van der Waals surface area contributed by atoms with E-state index in [4.69, 9.17) is 14.7 Å². The van der Waals surface area contributed by atoms with Crippen LogP contribution in [-0.4, -0.2) is 29.7 Å². The fourth-order valence-corrected chi connectivity index (χ4v) is 3.65. The highest BCUT2D eigenvalue weighted by Gasteiger charge is 2.24. The Hall–Kier alpha value is -0.430. The first-order chi connectivity index (χ1) is 10.2. The molecule has 1 aliphatic rings. The first kappa shape index (κ1) is 16.9. The minimum atomic E-state index is 0.153. The second kappa shape index (κ2) is 8.27. The summed E-state index contributed by atoms with van der Waals surface area (Å²) in [6.07, 6.45) is 7.20. The molecule has 1 aromatic heterocycles. The highest BCUT2D eigenvalue weighted by atomic mass is 127. The molecule has 2 rings (SSSR count). The number of nitrogens with one attached hydrogen (secondary N) is 1. The molecule has 1 aromatic rings. The van der Waals surface area contributed by atoms with E-state index >= 15 is 0 Å². The Morgan fingerprint density at radius 3 is 2.67 bits per heavy atom. The van der Waals surface area contributed by atoms with Crippen molar-refractivity contribution in [2.45, 2.75) is 64.4 Å². The van der Waals surface area contributed by atoms with E-state index in [2.05, 4.69) is 41.8 Å². The average Bonchev–Trinajstić information content (AvgIpc) is 3.01. The molecule has 0 amide bonds. The smallest absolute Gasteiger partial charge is 0.143 e. The number of hydrogen-bond donors (Lipinski definition) is 1. The van der Waals surface area contributed by atoms with Gasteiger partial charge in [0, 0.05) is 26.0 Å². The summed E-state index contributed by atoms with van der Waals surface area (Å²) in [7, 11) is 1.74. The van der Waals surface area contributed by atoms with Crippen molar-refractivity contribution in [3.05, 3.63) is 15.1 Å². The van der Waals surface area contributed by atoms with Crippen molar-refractivity contribution in [3.63, 3.8) is 0 Å². The molecule has 1 unspecified atom stereocenters. The molecule has 1 saturated carbocycles. The Balaban J connectivity index is 2.29. The van der Waals surface area contributed by atoms with Crippen molar-refractivity contribution in [1.82, 2.24) is 9.97 Å². The Labute approximate surface area is 141 Å². The Morgan fingerprint density at radius 2 is 2.05 bits per heavy atom. The van der Waals surface area contributed by atoms with Crippen LogP contribution in [0.25, 0.3) is 0 Å². The summed E-state index contributed by atoms with van der Waals surface area (Å²) in [4.78, 5) is 9.59. The number of ether oxygens (including phenoxy) is 1. The van der Waals surface area contributed by atoms with Gasteiger partial charge in [0.2, 0.25) is 0 Å². The lowest BCUT2D eigenvalue weighted by Gasteiger charge is -2.17. The van der Waals surface area contributed by atoms with E-state index in [9.17, 15) is 0 Å². The van der Waals surface area contributed by atoms with E-state index in [1.54, 1.807) is 7.11 Å². The largest absolute Gasteiger partial charge is 0.381 e. The molecule has 21 heavy (non-hydrogen) atoms. The molecule has 1 aliphatic carbocycles. The topological polar surface area (TPSA) is 47.0 Å². The SMILES string of the molecule is CCCNc1nc(CC(C)OC)nc(C2CCCC2)c1I. The maximum absolute atomic E-state index is 5.37. The second-order valence-corrected chi connectivity index (χ2v) is 6.93. The van der Waals surface area contributed by atoms with E-state index < -0.39 is 0 Å². The van der Waals surface area contributed by atoms with Crippen LogP contribution < -0.4 is 5.32 Å². The Kier molecular flexibility index (Phi) is 6.67. The Bertz CT molecular complexity index is 461. The van der Waals surface area contributed by atoms with Crippen molar-refractivity contribution >= 4 is 28.4 Å². The van der Waals surface area contributed by atoms with Crippen molar-refractivity contribution in [2.24, 2.45) is 0 Å². The molecule has 0 aliphatic heterocycles. The van der Waals surface area contributed by atoms with Gasteiger partial charge in [-0.25, -0.2) is 9.97 Å². The number of aromatic nitrogens is 2. The van der Waals surface area contributed by atoms with Gasteiger partial charge in [-0.3, -0.25) is 0 Å². The van der Waals surface area contributed by atoms with Gasteiger partial charge in [-0.05, 0) is 48.8 Å². The number of rotatable bonds is 7. The second-order valence-electron chi connectivity index (χ2n) is 5.85. The summed E-state index contributed by atoms with van der Waals surface area (Å²) in [5.41, 5.74) is 1.25. The predicted octanol–water partition coefficient (Wildman–Crippen LogP) is 4.14. The van der Waals surface area contributed by atoms with Crippen molar-refractivity contribution in [1.29, 1.82) is 0 Å². The van der Waals surface area contributed by atoms with Crippen LogP contribution in [-0.2, 0) is 11.2 Å². The van der Waals surface area contributed by atoms with Crippen LogP contribution in [0.4, 0.5) is 5.82 Å². The summed E-state index contributed by atoms with van der Waals surface area (Å²) in [5, 5.41) is 3.46. The summed E-state index contributed by atoms with van der Waals surface area (Å²) in [6, 6.07) is 0. The maximum Gasteiger partial charge on any atom is 0.143 e. The molecule has 0 radical (unpaired) electrons. The first-order valence-corrected chi connectivity index (χ1v) is 9.06. The summed E-state index contributed by atoms with van der Waals surface area (Å²) < 4.78 is 6.58. The summed E-state index contributed by atoms with van der Waals surface area (Å²) >= 11 is 2.41. The lowest BCUT2D eigenvalue weighted by Crippen LogP contribution is -2.16. The molecule has 0 saturated heterocycles. The minimum Gasteiger partial charge on any atom is -0.381 e. The molecule has 1 atom stereocenters. The number of hydrogen-bond acceptors (Lipinski definition) is 4. The molecule has 1 heterocycles. The van der Waals surface area contributed by atoms with Gasteiger partial charge in [-0.2, -0.15) is 0 Å². The van der Waals surface area contributed by atoms with Gasteiger partial charge in [-0.15, -0.1) is 0 Å². The molecule has 0 spiro atoms. The number of halogens is 1. The summed E-state index contributed by atoms with van der Waals surface area (Å²) in [5.74, 6) is 2.52. The summed E-state index contributed by atoms with van der Waals surface area (Å²) in [6.45, 7) is 5.19. The van der Waals surface area contributed by atoms with Gasteiger partial charge in [0.15, 0.2) is 0 Å². The van der Waals surface area contributed by atoms with E-state index in [0.29, 0.717) is 5.92 Å². The third kappa shape index (κ3) is 4.52. The number of methoxy groups -OCH3 is 1.